The topological polar surface area (TPSA) is 89.4 Å². The van der Waals surface area contributed by atoms with Crippen LogP contribution >= 0.6 is 0 Å². The molecule has 0 saturated carbocycles. The van der Waals surface area contributed by atoms with E-state index in [-0.39, 0.29) is 5.75 Å². The summed E-state index contributed by atoms with van der Waals surface area (Å²) in [7, 11) is 0. The summed E-state index contributed by atoms with van der Waals surface area (Å²) in [5, 5.41) is 19.7. The molecule has 0 aliphatic rings. The Bertz CT molecular complexity index is 382. The lowest BCUT2D eigenvalue weighted by Crippen LogP contribution is -2.01. The van der Waals surface area contributed by atoms with E-state index in [1.54, 1.807) is 0 Å². The third-order valence-electron chi connectivity index (χ3n) is 2.00. The first-order chi connectivity index (χ1) is 7.06. The van der Waals surface area contributed by atoms with E-state index in [1.807, 2.05) is 0 Å². The lowest BCUT2D eigenvalue weighted by Gasteiger charge is -2.03. The van der Waals surface area contributed by atoms with Gasteiger partial charge in [-0.2, -0.15) is 4.39 Å². The van der Waals surface area contributed by atoms with Crippen LogP contribution in [0.1, 0.15) is 12.0 Å². The van der Waals surface area contributed by atoms with E-state index < -0.39 is 16.4 Å². The Balaban J connectivity index is 3.06. The maximum Gasteiger partial charge on any atom is 0.305 e. The summed E-state index contributed by atoms with van der Waals surface area (Å²) in [6.07, 6.45) is 0.972. The zero-order valence-corrected chi connectivity index (χ0v) is 7.94. The molecule has 0 unspecified atom stereocenters. The van der Waals surface area contributed by atoms with Crippen molar-refractivity contribution in [3.05, 3.63) is 33.6 Å². The van der Waals surface area contributed by atoms with Gasteiger partial charge in [-0.3, -0.25) is 10.1 Å². The molecular formula is C9H11FN2O3. The number of aryl methyl sites for hydroxylation is 1. The number of benzene rings is 1. The van der Waals surface area contributed by atoms with Gasteiger partial charge in [0.05, 0.1) is 4.92 Å². The number of hydrogen-bond acceptors (Lipinski definition) is 4. The molecule has 0 atom stereocenters. The van der Waals surface area contributed by atoms with Crippen LogP contribution in [0, 0.1) is 15.9 Å². The van der Waals surface area contributed by atoms with Gasteiger partial charge in [-0.15, -0.1) is 0 Å². The van der Waals surface area contributed by atoms with Crippen molar-refractivity contribution in [2.24, 2.45) is 5.73 Å². The molecule has 0 amide bonds. The van der Waals surface area contributed by atoms with E-state index in [2.05, 4.69) is 0 Å². The van der Waals surface area contributed by atoms with Crippen LogP contribution in [0.3, 0.4) is 0 Å². The van der Waals surface area contributed by atoms with Gasteiger partial charge in [0.25, 0.3) is 0 Å². The first-order valence-electron chi connectivity index (χ1n) is 4.42. The minimum Gasteiger partial charge on any atom is -0.508 e. The number of phenolic OH excluding ortho intramolecular Hbond substituents is 1. The Labute approximate surface area is 85.5 Å². The number of phenols is 1. The van der Waals surface area contributed by atoms with Crippen LogP contribution in [0.15, 0.2) is 12.1 Å². The van der Waals surface area contributed by atoms with Gasteiger partial charge in [0.1, 0.15) is 5.75 Å². The van der Waals surface area contributed by atoms with Gasteiger partial charge in [-0.25, -0.2) is 0 Å². The maximum absolute atomic E-state index is 13.0. The quantitative estimate of drug-likeness (QED) is 0.584. The molecular weight excluding hydrogens is 203 g/mol. The van der Waals surface area contributed by atoms with Crippen LogP contribution in [0.2, 0.25) is 0 Å². The largest absolute Gasteiger partial charge is 0.508 e. The summed E-state index contributed by atoms with van der Waals surface area (Å²) >= 11 is 0. The number of nitro benzene ring substituents is 1. The molecule has 0 radical (unpaired) electrons. The molecule has 0 bridgehead atoms. The molecule has 0 aliphatic carbocycles. The van der Waals surface area contributed by atoms with Crippen molar-refractivity contribution in [2.45, 2.75) is 12.8 Å². The van der Waals surface area contributed by atoms with Gasteiger partial charge >= 0.3 is 5.69 Å². The fraction of sp³-hybridized carbons (Fsp3) is 0.333. The Kier molecular flexibility index (Phi) is 3.56. The van der Waals surface area contributed by atoms with Crippen molar-refractivity contribution in [1.29, 1.82) is 0 Å². The number of aromatic hydroxyl groups is 1. The van der Waals surface area contributed by atoms with Gasteiger partial charge in [-0.1, -0.05) is 0 Å². The predicted octanol–water partition coefficient (Wildman–Crippen LogP) is 1.33. The Morgan fingerprint density at radius 2 is 2.20 bits per heavy atom. The molecule has 5 nitrogen and oxygen atoms in total. The second-order valence-electron chi connectivity index (χ2n) is 3.08. The number of hydrogen-bond donors (Lipinski definition) is 2. The van der Waals surface area contributed by atoms with Crippen molar-refractivity contribution in [1.82, 2.24) is 0 Å². The predicted molar refractivity (Wildman–Crippen MR) is 52.1 cm³/mol. The number of nitrogens with zero attached hydrogens (tertiary/aromatic N) is 1. The SMILES string of the molecule is NCCCc1cc([N+](=O)[O-])c(F)cc1O. The molecule has 0 spiro atoms. The zero-order chi connectivity index (χ0) is 11.4. The first kappa shape index (κ1) is 11.4. The second kappa shape index (κ2) is 4.70. The van der Waals surface area contributed by atoms with E-state index >= 15 is 0 Å². The first-order valence-corrected chi connectivity index (χ1v) is 4.42. The highest BCUT2D eigenvalue weighted by Gasteiger charge is 2.17. The highest BCUT2D eigenvalue weighted by atomic mass is 19.1. The zero-order valence-electron chi connectivity index (χ0n) is 7.94. The fourth-order valence-corrected chi connectivity index (χ4v) is 1.23. The average molecular weight is 214 g/mol. The summed E-state index contributed by atoms with van der Waals surface area (Å²) in [5.41, 5.74) is 4.98. The van der Waals surface area contributed by atoms with Gasteiger partial charge in [-0.05, 0) is 19.4 Å². The lowest BCUT2D eigenvalue weighted by atomic mass is 10.1. The average Bonchev–Trinajstić information content (AvgIpc) is 2.16. The van der Waals surface area contributed by atoms with Crippen molar-refractivity contribution >= 4 is 5.69 Å². The molecule has 1 aromatic carbocycles. The third-order valence-corrected chi connectivity index (χ3v) is 2.00. The summed E-state index contributed by atoms with van der Waals surface area (Å²) in [6.45, 7) is 0.407. The molecule has 0 aromatic heterocycles. The molecule has 3 N–H and O–H groups in total. The van der Waals surface area contributed by atoms with Gasteiger partial charge < -0.3 is 10.8 Å². The molecule has 0 aliphatic heterocycles. The monoisotopic (exact) mass is 214 g/mol. The number of rotatable bonds is 4. The van der Waals surface area contributed by atoms with E-state index in [9.17, 15) is 19.6 Å². The van der Waals surface area contributed by atoms with Crippen LogP contribution in [-0.4, -0.2) is 16.6 Å². The Morgan fingerprint density at radius 3 is 2.73 bits per heavy atom. The summed E-state index contributed by atoms with van der Waals surface area (Å²) in [5.74, 6) is -1.31. The molecule has 82 valence electrons. The molecule has 0 heterocycles. The summed E-state index contributed by atoms with van der Waals surface area (Å²) in [4.78, 5) is 9.60. The summed E-state index contributed by atoms with van der Waals surface area (Å²) in [6, 6.07) is 1.80. The third kappa shape index (κ3) is 2.63. The second-order valence-corrected chi connectivity index (χ2v) is 3.08. The Hall–Kier alpha value is -1.69. The maximum atomic E-state index is 13.0. The van der Waals surface area contributed by atoms with Crippen LogP contribution in [0.4, 0.5) is 10.1 Å². The van der Waals surface area contributed by atoms with Crippen LogP contribution in [0.5, 0.6) is 5.75 Å². The highest BCUT2D eigenvalue weighted by molar-refractivity contribution is 5.44. The molecule has 6 heteroatoms. The smallest absolute Gasteiger partial charge is 0.305 e. The van der Waals surface area contributed by atoms with Crippen LogP contribution in [-0.2, 0) is 6.42 Å². The van der Waals surface area contributed by atoms with Crippen molar-refractivity contribution in [2.75, 3.05) is 6.54 Å². The van der Waals surface area contributed by atoms with E-state index in [4.69, 9.17) is 5.73 Å². The normalized spacial score (nSPS) is 10.3. The molecule has 0 fully saturated rings. The summed E-state index contributed by atoms with van der Waals surface area (Å²) < 4.78 is 13.0. The van der Waals surface area contributed by atoms with E-state index in [0.717, 1.165) is 12.1 Å². The molecule has 1 aromatic rings. The Morgan fingerprint density at radius 1 is 1.53 bits per heavy atom. The number of nitrogens with two attached hydrogens (primary N) is 1. The van der Waals surface area contributed by atoms with Crippen molar-refractivity contribution < 1.29 is 14.4 Å². The lowest BCUT2D eigenvalue weighted by molar-refractivity contribution is -0.387. The standard InChI is InChI=1S/C9H11FN2O3/c10-7-5-9(13)6(2-1-3-11)4-8(7)12(14)15/h4-5,13H,1-3,11H2. The molecule has 0 saturated heterocycles. The fourth-order valence-electron chi connectivity index (χ4n) is 1.23. The number of halogens is 1. The van der Waals surface area contributed by atoms with Gasteiger partial charge in [0, 0.05) is 17.7 Å². The van der Waals surface area contributed by atoms with E-state index in [1.165, 1.54) is 0 Å². The highest BCUT2D eigenvalue weighted by Crippen LogP contribution is 2.27. The van der Waals surface area contributed by atoms with Crippen molar-refractivity contribution in [3.8, 4) is 5.75 Å². The van der Waals surface area contributed by atoms with Crippen LogP contribution in [0.25, 0.3) is 0 Å². The minimum absolute atomic E-state index is 0.272. The van der Waals surface area contributed by atoms with E-state index in [0.29, 0.717) is 24.9 Å². The number of nitro groups is 1. The van der Waals surface area contributed by atoms with Gasteiger partial charge in [0.2, 0.25) is 5.82 Å². The van der Waals surface area contributed by atoms with Crippen molar-refractivity contribution in [3.63, 3.8) is 0 Å². The van der Waals surface area contributed by atoms with Gasteiger partial charge in [0.15, 0.2) is 0 Å². The molecule has 15 heavy (non-hydrogen) atoms. The minimum atomic E-state index is -1.03. The van der Waals surface area contributed by atoms with Crippen LogP contribution < -0.4 is 5.73 Å². The molecule has 1 rings (SSSR count).